The largest absolute Gasteiger partial charge is 0.490 e. The van der Waals surface area contributed by atoms with Gasteiger partial charge in [-0.25, -0.2) is 9.67 Å². The van der Waals surface area contributed by atoms with Crippen molar-refractivity contribution in [2.24, 2.45) is 0 Å². The monoisotopic (exact) mass is 436 g/mol. The highest BCUT2D eigenvalue weighted by atomic mass is 16.6. The van der Waals surface area contributed by atoms with Gasteiger partial charge in [-0.1, -0.05) is 18.2 Å². The van der Waals surface area contributed by atoms with E-state index in [0.717, 1.165) is 16.7 Å². The topological polar surface area (TPSA) is 100 Å². The number of fused-ring (bicyclic) bond motifs is 2. The van der Waals surface area contributed by atoms with E-state index >= 15 is 0 Å². The van der Waals surface area contributed by atoms with Gasteiger partial charge in [-0.05, 0) is 18.2 Å². The van der Waals surface area contributed by atoms with E-state index in [4.69, 9.17) is 19.3 Å². The number of ether oxygens (including phenoxy) is 3. The molecule has 5 rings (SSSR count). The van der Waals surface area contributed by atoms with E-state index in [1.807, 2.05) is 47.1 Å². The minimum Gasteiger partial charge on any atom is -0.490 e. The van der Waals surface area contributed by atoms with Crippen LogP contribution in [0.4, 0.5) is 0 Å². The summed E-state index contributed by atoms with van der Waals surface area (Å²) in [5.74, 6) is 0.490. The fraction of sp³-hybridized carbons (Fsp3) is 0.348. The zero-order valence-electron chi connectivity index (χ0n) is 17.5. The highest BCUT2D eigenvalue weighted by Gasteiger charge is 2.22. The van der Waals surface area contributed by atoms with Gasteiger partial charge in [0, 0.05) is 24.2 Å². The van der Waals surface area contributed by atoms with Crippen LogP contribution in [0.5, 0.6) is 5.75 Å². The Labute approximate surface area is 183 Å². The number of pyridine rings is 1. The second-order valence-electron chi connectivity index (χ2n) is 7.75. The van der Waals surface area contributed by atoms with Gasteiger partial charge in [-0.3, -0.25) is 4.79 Å². The van der Waals surface area contributed by atoms with E-state index in [1.54, 1.807) is 12.3 Å². The summed E-state index contributed by atoms with van der Waals surface area (Å²) in [6, 6.07) is 11.3. The van der Waals surface area contributed by atoms with Crippen LogP contribution in [0.25, 0.3) is 16.4 Å². The van der Waals surface area contributed by atoms with Gasteiger partial charge in [-0.15, -0.1) is 0 Å². The van der Waals surface area contributed by atoms with Crippen molar-refractivity contribution < 1.29 is 19.3 Å². The molecule has 1 saturated heterocycles. The highest BCUT2D eigenvalue weighted by Crippen LogP contribution is 2.22. The minimum absolute atomic E-state index is 0.0710. The van der Waals surface area contributed by atoms with E-state index in [0.29, 0.717) is 37.3 Å². The van der Waals surface area contributed by atoms with E-state index < -0.39 is 0 Å². The van der Waals surface area contributed by atoms with Gasteiger partial charge in [0.2, 0.25) is 0 Å². The molecule has 166 valence electrons. The third-order valence-electron chi connectivity index (χ3n) is 5.50. The van der Waals surface area contributed by atoms with Gasteiger partial charge in [0.05, 0.1) is 43.6 Å². The molecular formula is C23H24N4O5. The van der Waals surface area contributed by atoms with Crippen LogP contribution in [-0.4, -0.2) is 62.9 Å². The number of aryl methyl sites for hydroxylation is 2. The Balaban J connectivity index is 1.32. The van der Waals surface area contributed by atoms with Gasteiger partial charge in [-0.2, -0.15) is 5.10 Å². The van der Waals surface area contributed by atoms with Crippen LogP contribution in [-0.2, 0) is 22.4 Å². The van der Waals surface area contributed by atoms with Gasteiger partial charge in [0.1, 0.15) is 30.2 Å². The summed E-state index contributed by atoms with van der Waals surface area (Å²) in [6.07, 6.45) is 5.62. The van der Waals surface area contributed by atoms with Crippen molar-refractivity contribution in [3.63, 3.8) is 0 Å². The SMILES string of the molecule is O=c1c2c(OCC3COC(CO)CO3)cccc2cnn1CCc1cn2ccccc2n1. The van der Waals surface area contributed by atoms with E-state index in [9.17, 15) is 4.79 Å². The first-order chi connectivity index (χ1) is 15.7. The van der Waals surface area contributed by atoms with Crippen molar-refractivity contribution in [1.82, 2.24) is 19.2 Å². The Morgan fingerprint density at radius 1 is 1.12 bits per heavy atom. The molecule has 1 aliphatic rings. The first-order valence-electron chi connectivity index (χ1n) is 10.6. The lowest BCUT2D eigenvalue weighted by molar-refractivity contribution is -0.152. The molecule has 0 saturated carbocycles. The first kappa shape index (κ1) is 20.6. The first-order valence-corrected chi connectivity index (χ1v) is 10.6. The molecule has 0 aliphatic carbocycles. The maximum atomic E-state index is 13.2. The number of aliphatic hydroxyl groups is 1. The number of benzene rings is 1. The predicted octanol–water partition coefficient (Wildman–Crippen LogP) is 1.44. The number of nitrogens with zero attached hydrogens (tertiary/aromatic N) is 4. The molecule has 3 aromatic heterocycles. The van der Waals surface area contributed by atoms with Crippen LogP contribution in [0.2, 0.25) is 0 Å². The molecule has 4 heterocycles. The van der Waals surface area contributed by atoms with E-state index in [1.165, 1.54) is 4.68 Å². The Morgan fingerprint density at radius 2 is 2.00 bits per heavy atom. The predicted molar refractivity (Wildman–Crippen MR) is 117 cm³/mol. The number of rotatable bonds is 7. The summed E-state index contributed by atoms with van der Waals surface area (Å²) in [5.41, 5.74) is 1.56. The van der Waals surface area contributed by atoms with E-state index in [2.05, 4.69) is 10.1 Å². The number of aliphatic hydroxyl groups excluding tert-OH is 1. The molecule has 32 heavy (non-hydrogen) atoms. The van der Waals surface area contributed by atoms with E-state index in [-0.39, 0.29) is 31.0 Å². The molecule has 9 nitrogen and oxygen atoms in total. The summed E-state index contributed by atoms with van der Waals surface area (Å²) < 4.78 is 20.5. The smallest absolute Gasteiger partial charge is 0.278 e. The van der Waals surface area contributed by atoms with Crippen LogP contribution < -0.4 is 10.3 Å². The van der Waals surface area contributed by atoms with Crippen LogP contribution in [0.15, 0.2) is 59.8 Å². The van der Waals surface area contributed by atoms with Crippen LogP contribution in [0, 0.1) is 0 Å². The summed E-state index contributed by atoms with van der Waals surface area (Å²) in [4.78, 5) is 17.8. The minimum atomic E-state index is -0.296. The Kier molecular flexibility index (Phi) is 5.85. The van der Waals surface area contributed by atoms with Crippen LogP contribution in [0.3, 0.4) is 0 Å². The van der Waals surface area contributed by atoms with Gasteiger partial charge in [0.25, 0.3) is 5.56 Å². The second-order valence-corrected chi connectivity index (χ2v) is 7.75. The van der Waals surface area contributed by atoms with Crippen molar-refractivity contribution in [1.29, 1.82) is 0 Å². The average molecular weight is 436 g/mol. The normalized spacial score (nSPS) is 18.9. The number of imidazole rings is 1. The summed E-state index contributed by atoms with van der Waals surface area (Å²) >= 11 is 0. The standard InChI is InChI=1S/C23H24N4O5/c28-12-18-13-31-19(14-30-18)15-32-20-5-3-4-16-10-24-27(23(29)22(16)20)9-7-17-11-26-8-2-1-6-21(26)25-17/h1-6,8,10-11,18-19,28H,7,9,12-15H2. The second kappa shape index (κ2) is 9.07. The lowest BCUT2D eigenvalue weighted by Crippen LogP contribution is -2.40. The maximum Gasteiger partial charge on any atom is 0.278 e. The molecule has 0 radical (unpaired) electrons. The Hall–Kier alpha value is -3.27. The van der Waals surface area contributed by atoms with Crippen molar-refractivity contribution in [3.05, 3.63) is 71.0 Å². The molecule has 2 unspecified atom stereocenters. The van der Waals surface area contributed by atoms with Crippen molar-refractivity contribution in [2.45, 2.75) is 25.2 Å². The van der Waals surface area contributed by atoms with Crippen molar-refractivity contribution >= 4 is 16.4 Å². The molecular weight excluding hydrogens is 412 g/mol. The van der Waals surface area contributed by atoms with Crippen molar-refractivity contribution in [2.75, 3.05) is 26.4 Å². The van der Waals surface area contributed by atoms with Gasteiger partial charge in [0.15, 0.2) is 0 Å². The molecule has 1 aliphatic heterocycles. The molecule has 0 amide bonds. The zero-order chi connectivity index (χ0) is 21.9. The fourth-order valence-corrected chi connectivity index (χ4v) is 3.77. The molecule has 4 aromatic rings. The maximum absolute atomic E-state index is 13.2. The number of hydrogen-bond acceptors (Lipinski definition) is 7. The van der Waals surface area contributed by atoms with Gasteiger partial charge >= 0.3 is 0 Å². The van der Waals surface area contributed by atoms with Crippen LogP contribution >= 0.6 is 0 Å². The third kappa shape index (κ3) is 4.22. The quantitative estimate of drug-likeness (QED) is 0.468. The third-order valence-corrected chi connectivity index (χ3v) is 5.50. The summed E-state index contributed by atoms with van der Waals surface area (Å²) in [5, 5.41) is 14.7. The van der Waals surface area contributed by atoms with Crippen molar-refractivity contribution in [3.8, 4) is 5.75 Å². The van der Waals surface area contributed by atoms with Crippen LogP contribution in [0.1, 0.15) is 5.69 Å². The molecule has 1 fully saturated rings. The number of hydrogen-bond donors (Lipinski definition) is 1. The molecule has 1 aromatic carbocycles. The number of aromatic nitrogens is 4. The van der Waals surface area contributed by atoms with Gasteiger partial charge < -0.3 is 23.7 Å². The molecule has 0 spiro atoms. The molecule has 9 heteroatoms. The fourth-order valence-electron chi connectivity index (χ4n) is 3.77. The Bertz CT molecular complexity index is 1240. The lowest BCUT2D eigenvalue weighted by atomic mass is 10.2. The summed E-state index contributed by atoms with van der Waals surface area (Å²) in [7, 11) is 0. The zero-order valence-corrected chi connectivity index (χ0v) is 17.5. The average Bonchev–Trinajstić information content (AvgIpc) is 3.25. The molecule has 2 atom stereocenters. The Morgan fingerprint density at radius 3 is 2.81 bits per heavy atom. The summed E-state index contributed by atoms with van der Waals surface area (Å²) in [6.45, 7) is 1.24. The molecule has 0 bridgehead atoms. The highest BCUT2D eigenvalue weighted by molar-refractivity contribution is 5.86. The lowest BCUT2D eigenvalue weighted by Gasteiger charge is -2.28. The molecule has 1 N–H and O–H groups in total.